The zero-order chi connectivity index (χ0) is 17.3. The Hall–Kier alpha value is -2.12. The Labute approximate surface area is 135 Å². The summed E-state index contributed by atoms with van der Waals surface area (Å²) in [4.78, 5) is 21.0. The van der Waals surface area contributed by atoms with E-state index in [1.54, 1.807) is 30.3 Å². The van der Waals surface area contributed by atoms with E-state index in [-0.39, 0.29) is 10.1 Å². The topological polar surface area (TPSA) is 115 Å². The maximum atomic E-state index is 11.8. The first kappa shape index (κ1) is 18.9. The molecule has 0 spiro atoms. The van der Waals surface area contributed by atoms with Crippen LogP contribution in [-0.4, -0.2) is 31.1 Å². The minimum atomic E-state index is -4.55. The van der Waals surface area contributed by atoms with Crippen LogP contribution in [0.5, 0.6) is 0 Å². The molecule has 0 saturated heterocycles. The molecule has 1 unspecified atom stereocenters. The maximum absolute atomic E-state index is 11.8. The summed E-state index contributed by atoms with van der Waals surface area (Å²) in [7, 11) is 0. The number of amides is 1. The first-order valence-corrected chi connectivity index (χ1v) is 9.61. The van der Waals surface area contributed by atoms with Crippen LogP contribution in [-0.2, 0) is 16.2 Å². The number of hydroxylamine groups is 1. The van der Waals surface area contributed by atoms with Crippen LogP contribution in [0, 0.1) is 0 Å². The van der Waals surface area contributed by atoms with Gasteiger partial charge in [0.1, 0.15) is 0 Å². The van der Waals surface area contributed by atoms with Crippen LogP contribution in [0.2, 0.25) is 0 Å². The van der Waals surface area contributed by atoms with Crippen LogP contribution in [0.25, 0.3) is 0 Å². The molecule has 0 aliphatic carbocycles. The van der Waals surface area contributed by atoms with E-state index in [9.17, 15) is 13.3 Å². The van der Waals surface area contributed by atoms with E-state index in [0.717, 1.165) is 0 Å². The van der Waals surface area contributed by atoms with E-state index < -0.39 is 20.1 Å². The summed E-state index contributed by atoms with van der Waals surface area (Å²) >= 11 is -4.55. The minimum absolute atomic E-state index is 0.0324. The largest absolute Gasteiger partial charge is 0.461 e. The van der Waals surface area contributed by atoms with Crippen molar-refractivity contribution in [1.82, 2.24) is 5.48 Å². The molecule has 1 aromatic heterocycles. The van der Waals surface area contributed by atoms with E-state index in [2.05, 4.69) is 7.70 Å². The molecular formula is C14H16AsNO7. The van der Waals surface area contributed by atoms with Crippen molar-refractivity contribution >= 4 is 30.2 Å². The molecule has 23 heavy (non-hydrogen) atoms. The molecule has 2 rings (SSSR count). The van der Waals surface area contributed by atoms with Crippen molar-refractivity contribution in [2.75, 3.05) is 0 Å². The number of hydrogen-bond acceptors (Lipinski definition) is 7. The van der Waals surface area contributed by atoms with Gasteiger partial charge in [0.15, 0.2) is 11.5 Å². The van der Waals surface area contributed by atoms with Crippen LogP contribution >= 0.6 is 0 Å². The smallest absolute Gasteiger partial charge is 0.194 e. The summed E-state index contributed by atoms with van der Waals surface area (Å²) in [6.07, 6.45) is 1.48. The summed E-state index contributed by atoms with van der Waals surface area (Å²) in [6, 6.07) is 11.2. The van der Waals surface area contributed by atoms with Crippen molar-refractivity contribution < 1.29 is 30.7 Å². The number of carbonyl (C=O) groups is 2. The molecule has 2 aromatic rings. The molecule has 0 bridgehead atoms. The van der Waals surface area contributed by atoms with Crippen LogP contribution in [0.4, 0.5) is 0 Å². The second-order valence-corrected chi connectivity index (χ2v) is 8.09. The van der Waals surface area contributed by atoms with Crippen molar-refractivity contribution in [3.63, 3.8) is 0 Å². The Bertz CT molecular complexity index is 670. The number of ketones is 1. The number of carbonyl (C=O) groups excluding carboxylic acids is 2. The molecule has 0 saturated carbocycles. The Morgan fingerprint density at radius 2 is 1.78 bits per heavy atom. The van der Waals surface area contributed by atoms with Crippen molar-refractivity contribution in [3.05, 3.63) is 54.5 Å². The molecule has 8 nitrogen and oxygen atoms in total. The van der Waals surface area contributed by atoms with E-state index >= 15 is 0 Å². The third-order valence-corrected chi connectivity index (χ3v) is 5.46. The first-order chi connectivity index (χ1) is 10.9. The number of benzene rings is 1. The predicted octanol–water partition coefficient (Wildman–Crippen LogP) is 1.30. The molecule has 124 valence electrons. The molecule has 0 fully saturated rings. The standard InChI is InChI=1S/C8H10AsNO5.C6H6O2/c1-7(11)10-14-9(12,15-13)8-5-3-2-4-6-8;1-5(7)6-3-2-4-8-6/h2-6,13H,1H3,(H,10,11);2-4H,1H3. The summed E-state index contributed by atoms with van der Waals surface area (Å²) in [6.45, 7) is 2.65. The first-order valence-electron chi connectivity index (χ1n) is 6.37. The van der Waals surface area contributed by atoms with Gasteiger partial charge in [0.25, 0.3) is 0 Å². The quantitative estimate of drug-likeness (QED) is 0.345. The molecule has 1 amide bonds. The Balaban J connectivity index is 0.000000277. The van der Waals surface area contributed by atoms with Gasteiger partial charge >= 0.3 is 88.7 Å². The van der Waals surface area contributed by atoms with E-state index in [0.29, 0.717) is 5.76 Å². The van der Waals surface area contributed by atoms with Crippen LogP contribution in [0.1, 0.15) is 24.4 Å². The number of nitrogens with one attached hydrogen (secondary N) is 1. The van der Waals surface area contributed by atoms with Crippen molar-refractivity contribution in [3.8, 4) is 0 Å². The van der Waals surface area contributed by atoms with Gasteiger partial charge in [0, 0.05) is 6.92 Å². The van der Waals surface area contributed by atoms with Gasteiger partial charge in [-0.25, -0.2) is 0 Å². The fourth-order valence-corrected chi connectivity index (χ4v) is 3.47. The van der Waals surface area contributed by atoms with Gasteiger partial charge < -0.3 is 4.42 Å². The van der Waals surface area contributed by atoms with Crippen LogP contribution < -0.4 is 9.83 Å². The third-order valence-electron chi connectivity index (χ3n) is 2.36. The zero-order valence-corrected chi connectivity index (χ0v) is 14.3. The predicted molar refractivity (Wildman–Crippen MR) is 79.8 cm³/mol. The maximum Gasteiger partial charge on any atom is 0.194 e. The summed E-state index contributed by atoms with van der Waals surface area (Å²) < 4.78 is 25.2. The average Bonchev–Trinajstić information content (AvgIpc) is 3.09. The molecule has 1 heterocycles. The Morgan fingerprint density at radius 1 is 1.13 bits per heavy atom. The van der Waals surface area contributed by atoms with E-state index in [1.807, 2.05) is 5.48 Å². The van der Waals surface area contributed by atoms with E-state index in [1.165, 1.54) is 32.2 Å². The molecule has 0 radical (unpaired) electrons. The SMILES string of the molecule is CC(=O)NO[As](=O)(OO)c1ccccc1.CC(=O)c1ccco1. The Morgan fingerprint density at radius 3 is 2.17 bits per heavy atom. The second kappa shape index (κ2) is 9.12. The monoisotopic (exact) mass is 385 g/mol. The summed E-state index contributed by atoms with van der Waals surface area (Å²) in [5.74, 6) is -0.149. The molecule has 1 atom stereocenters. The number of hydrogen-bond donors (Lipinski definition) is 2. The normalized spacial score (nSPS) is 12.5. The number of furan rings is 1. The second-order valence-electron chi connectivity index (χ2n) is 4.20. The van der Waals surface area contributed by atoms with Crippen molar-refractivity contribution in [2.45, 2.75) is 13.8 Å². The number of rotatable bonds is 5. The van der Waals surface area contributed by atoms with Gasteiger partial charge in [-0.1, -0.05) is 0 Å². The van der Waals surface area contributed by atoms with Gasteiger partial charge in [0.05, 0.1) is 6.26 Å². The van der Waals surface area contributed by atoms with Gasteiger partial charge in [-0.3, -0.25) is 4.79 Å². The van der Waals surface area contributed by atoms with Crippen molar-refractivity contribution in [2.24, 2.45) is 0 Å². The minimum Gasteiger partial charge on any atom is -0.461 e. The fourth-order valence-electron chi connectivity index (χ4n) is 1.33. The molecular weight excluding hydrogens is 369 g/mol. The van der Waals surface area contributed by atoms with Crippen LogP contribution in [0.3, 0.4) is 0 Å². The van der Waals surface area contributed by atoms with E-state index in [4.69, 9.17) is 9.67 Å². The molecule has 0 aliphatic rings. The average molecular weight is 385 g/mol. The molecule has 2 N–H and O–H groups in total. The number of Topliss-reactive ketones (excluding diaryl/α,β-unsaturated/α-hetero) is 1. The summed E-state index contributed by atoms with van der Waals surface area (Å²) in [5, 5.41) is 8.54. The van der Waals surface area contributed by atoms with Gasteiger partial charge in [-0.15, -0.1) is 0 Å². The zero-order valence-electron chi connectivity index (χ0n) is 12.5. The third kappa shape index (κ3) is 6.25. The van der Waals surface area contributed by atoms with Crippen LogP contribution in [0.15, 0.2) is 53.1 Å². The fraction of sp³-hybridized carbons (Fsp3) is 0.143. The van der Waals surface area contributed by atoms with Crippen molar-refractivity contribution in [1.29, 1.82) is 0 Å². The molecule has 9 heteroatoms. The summed E-state index contributed by atoms with van der Waals surface area (Å²) in [5.41, 5.74) is 1.88. The van der Waals surface area contributed by atoms with Gasteiger partial charge in [-0.2, -0.15) is 0 Å². The molecule has 0 aliphatic heterocycles. The van der Waals surface area contributed by atoms with Gasteiger partial charge in [-0.05, 0) is 12.1 Å². The van der Waals surface area contributed by atoms with Gasteiger partial charge in [0.2, 0.25) is 0 Å². The Kier molecular flexibility index (Phi) is 7.50. The molecule has 1 aromatic carbocycles.